The van der Waals surface area contributed by atoms with E-state index in [1.807, 2.05) is 0 Å². The van der Waals surface area contributed by atoms with Crippen molar-refractivity contribution in [2.75, 3.05) is 46.9 Å². The molecule has 0 spiro atoms. The van der Waals surface area contributed by atoms with Crippen LogP contribution in [-0.2, 0) is 0 Å². The molecule has 4 heteroatoms. The molecule has 1 heterocycles. The minimum Gasteiger partial charge on any atom is -0.395 e. The van der Waals surface area contributed by atoms with Gasteiger partial charge in [0.15, 0.2) is 0 Å². The topological polar surface area (TPSA) is 38.7 Å². The predicted octanol–water partition coefficient (Wildman–Crippen LogP) is 0.373. The zero-order valence-electron chi connectivity index (χ0n) is 11.7. The fourth-order valence-electron chi connectivity index (χ4n) is 2.69. The van der Waals surface area contributed by atoms with Gasteiger partial charge in [0.1, 0.15) is 0 Å². The van der Waals surface area contributed by atoms with Crippen molar-refractivity contribution in [3.63, 3.8) is 0 Å². The third-order valence-electron chi connectivity index (χ3n) is 3.55. The average molecular weight is 243 g/mol. The first-order valence-electron chi connectivity index (χ1n) is 6.90. The molecule has 1 aliphatic heterocycles. The molecule has 4 nitrogen and oxygen atoms in total. The Bertz CT molecular complexity index is 199. The maximum atomic E-state index is 9.25. The lowest BCUT2D eigenvalue weighted by molar-refractivity contribution is 0.180. The molecule has 0 aliphatic carbocycles. The molecule has 1 aliphatic rings. The Morgan fingerprint density at radius 3 is 2.82 bits per heavy atom. The van der Waals surface area contributed by atoms with Crippen molar-refractivity contribution in [2.45, 2.75) is 38.3 Å². The smallest absolute Gasteiger partial charge is 0.0585 e. The van der Waals surface area contributed by atoms with Gasteiger partial charge in [-0.3, -0.25) is 4.90 Å². The van der Waals surface area contributed by atoms with Crippen molar-refractivity contribution < 1.29 is 5.11 Å². The molecule has 2 unspecified atom stereocenters. The zero-order valence-corrected chi connectivity index (χ0v) is 11.7. The molecular formula is C13H29N3O. The van der Waals surface area contributed by atoms with Crippen LogP contribution in [0.15, 0.2) is 0 Å². The lowest BCUT2D eigenvalue weighted by Gasteiger charge is -2.28. The van der Waals surface area contributed by atoms with Gasteiger partial charge in [0, 0.05) is 25.2 Å². The Hall–Kier alpha value is -0.160. The normalized spacial score (nSPS) is 23.5. The van der Waals surface area contributed by atoms with Crippen LogP contribution in [0.3, 0.4) is 0 Å². The monoisotopic (exact) mass is 243 g/mol. The zero-order chi connectivity index (χ0) is 12.7. The van der Waals surface area contributed by atoms with Crippen LogP contribution in [-0.4, -0.2) is 73.9 Å². The van der Waals surface area contributed by atoms with E-state index in [2.05, 4.69) is 36.1 Å². The van der Waals surface area contributed by atoms with Crippen LogP contribution in [0.4, 0.5) is 0 Å². The second kappa shape index (κ2) is 8.03. The summed E-state index contributed by atoms with van der Waals surface area (Å²) in [6.07, 6.45) is 3.70. The molecule has 1 fully saturated rings. The molecule has 0 bridgehead atoms. The van der Waals surface area contributed by atoms with Gasteiger partial charge in [-0.05, 0) is 46.4 Å². The number of aliphatic hydroxyl groups excluding tert-OH is 1. The van der Waals surface area contributed by atoms with E-state index in [4.69, 9.17) is 0 Å². The summed E-state index contributed by atoms with van der Waals surface area (Å²) in [6.45, 7) is 6.77. The van der Waals surface area contributed by atoms with Crippen LogP contribution in [0.1, 0.15) is 26.2 Å². The number of likely N-dealkylation sites (N-methyl/N-ethyl adjacent to an activating group) is 2. The van der Waals surface area contributed by atoms with E-state index < -0.39 is 0 Å². The fraction of sp³-hybridized carbons (Fsp3) is 1.00. The van der Waals surface area contributed by atoms with E-state index in [0.29, 0.717) is 6.04 Å². The maximum Gasteiger partial charge on any atom is 0.0585 e. The summed E-state index contributed by atoms with van der Waals surface area (Å²) in [7, 11) is 4.29. The van der Waals surface area contributed by atoms with Gasteiger partial charge < -0.3 is 15.3 Å². The molecule has 1 saturated heterocycles. The minimum absolute atomic E-state index is 0.250. The van der Waals surface area contributed by atoms with E-state index in [-0.39, 0.29) is 12.6 Å². The van der Waals surface area contributed by atoms with Crippen LogP contribution in [0.25, 0.3) is 0 Å². The van der Waals surface area contributed by atoms with Crippen molar-refractivity contribution in [3.05, 3.63) is 0 Å². The molecule has 0 aromatic carbocycles. The van der Waals surface area contributed by atoms with Gasteiger partial charge in [0.2, 0.25) is 0 Å². The quantitative estimate of drug-likeness (QED) is 0.646. The summed E-state index contributed by atoms with van der Waals surface area (Å²) in [5.41, 5.74) is 0. The number of rotatable bonds is 8. The highest BCUT2D eigenvalue weighted by Gasteiger charge is 2.24. The van der Waals surface area contributed by atoms with Gasteiger partial charge in [0.05, 0.1) is 6.61 Å². The van der Waals surface area contributed by atoms with Crippen molar-refractivity contribution in [2.24, 2.45) is 0 Å². The molecule has 0 saturated carbocycles. The standard InChI is InChI=1S/C13H29N3O/c1-4-14-12(11-17)7-9-16-8-5-6-13(16)10-15(2)3/h12-14,17H,4-11H2,1-3H3. The van der Waals surface area contributed by atoms with Gasteiger partial charge >= 0.3 is 0 Å². The molecule has 0 amide bonds. The Kier molecular flexibility index (Phi) is 7.04. The van der Waals surface area contributed by atoms with Crippen molar-refractivity contribution in [1.29, 1.82) is 0 Å². The Morgan fingerprint density at radius 2 is 2.24 bits per heavy atom. The van der Waals surface area contributed by atoms with Gasteiger partial charge in [-0.2, -0.15) is 0 Å². The summed E-state index contributed by atoms with van der Waals surface area (Å²) >= 11 is 0. The Balaban J connectivity index is 2.29. The van der Waals surface area contributed by atoms with E-state index in [1.54, 1.807) is 0 Å². The molecule has 2 atom stereocenters. The number of nitrogens with zero attached hydrogens (tertiary/aromatic N) is 2. The van der Waals surface area contributed by atoms with Crippen LogP contribution in [0.2, 0.25) is 0 Å². The molecule has 17 heavy (non-hydrogen) atoms. The molecule has 2 N–H and O–H groups in total. The van der Waals surface area contributed by atoms with E-state index in [9.17, 15) is 5.11 Å². The number of aliphatic hydroxyl groups is 1. The summed E-state index contributed by atoms with van der Waals surface area (Å²) in [5.74, 6) is 0. The number of nitrogens with one attached hydrogen (secondary N) is 1. The SMILES string of the molecule is CCNC(CO)CCN1CCCC1CN(C)C. The second-order valence-corrected chi connectivity index (χ2v) is 5.32. The highest BCUT2D eigenvalue weighted by Crippen LogP contribution is 2.18. The molecule has 102 valence electrons. The van der Waals surface area contributed by atoms with Crippen LogP contribution in [0.5, 0.6) is 0 Å². The third-order valence-corrected chi connectivity index (χ3v) is 3.55. The first-order valence-corrected chi connectivity index (χ1v) is 6.90. The van der Waals surface area contributed by atoms with E-state index >= 15 is 0 Å². The highest BCUT2D eigenvalue weighted by molar-refractivity contribution is 4.82. The summed E-state index contributed by atoms with van der Waals surface area (Å²) in [6, 6.07) is 0.978. The lowest BCUT2D eigenvalue weighted by atomic mass is 10.1. The predicted molar refractivity (Wildman–Crippen MR) is 72.3 cm³/mol. The van der Waals surface area contributed by atoms with Gasteiger partial charge in [-0.1, -0.05) is 6.92 Å². The highest BCUT2D eigenvalue weighted by atomic mass is 16.3. The number of hydrogen-bond donors (Lipinski definition) is 2. The molecule has 1 rings (SSSR count). The van der Waals surface area contributed by atoms with Gasteiger partial charge in [-0.15, -0.1) is 0 Å². The summed E-state index contributed by atoms with van der Waals surface area (Å²) in [4.78, 5) is 4.86. The Labute approximate surface area is 106 Å². The largest absolute Gasteiger partial charge is 0.395 e. The van der Waals surface area contributed by atoms with Crippen LogP contribution < -0.4 is 5.32 Å². The summed E-state index contributed by atoms with van der Waals surface area (Å²) in [5, 5.41) is 12.6. The molecule has 0 radical (unpaired) electrons. The van der Waals surface area contributed by atoms with Crippen molar-refractivity contribution in [3.8, 4) is 0 Å². The van der Waals surface area contributed by atoms with Crippen molar-refractivity contribution >= 4 is 0 Å². The summed E-state index contributed by atoms with van der Waals surface area (Å²) < 4.78 is 0. The molecule has 0 aromatic heterocycles. The average Bonchev–Trinajstić information content (AvgIpc) is 2.71. The van der Waals surface area contributed by atoms with Crippen LogP contribution in [0, 0.1) is 0 Å². The molecular weight excluding hydrogens is 214 g/mol. The van der Waals surface area contributed by atoms with Gasteiger partial charge in [-0.25, -0.2) is 0 Å². The van der Waals surface area contributed by atoms with E-state index in [0.717, 1.165) is 26.1 Å². The molecule has 0 aromatic rings. The van der Waals surface area contributed by atoms with E-state index in [1.165, 1.54) is 19.4 Å². The first-order chi connectivity index (χ1) is 8.17. The minimum atomic E-state index is 0.250. The first kappa shape index (κ1) is 14.9. The fourth-order valence-corrected chi connectivity index (χ4v) is 2.69. The second-order valence-electron chi connectivity index (χ2n) is 5.32. The van der Waals surface area contributed by atoms with Crippen molar-refractivity contribution in [1.82, 2.24) is 15.1 Å². The van der Waals surface area contributed by atoms with Gasteiger partial charge in [0.25, 0.3) is 0 Å². The third kappa shape index (κ3) is 5.34. The Morgan fingerprint density at radius 1 is 1.47 bits per heavy atom. The van der Waals surface area contributed by atoms with Crippen LogP contribution >= 0.6 is 0 Å². The maximum absolute atomic E-state index is 9.25. The number of hydrogen-bond acceptors (Lipinski definition) is 4. The number of likely N-dealkylation sites (tertiary alicyclic amines) is 1. The lowest BCUT2D eigenvalue weighted by Crippen LogP contribution is -2.41.